The van der Waals surface area contributed by atoms with Crippen molar-refractivity contribution in [3.63, 3.8) is 0 Å². The molecule has 24 heavy (non-hydrogen) atoms. The summed E-state index contributed by atoms with van der Waals surface area (Å²) in [6.45, 7) is 5.81. The van der Waals surface area contributed by atoms with E-state index in [1.165, 1.54) is 0 Å². The van der Waals surface area contributed by atoms with E-state index < -0.39 is 0 Å². The van der Waals surface area contributed by atoms with Crippen LogP contribution in [0.4, 0.5) is 0 Å². The third-order valence-corrected chi connectivity index (χ3v) is 4.17. The second-order valence-corrected chi connectivity index (χ2v) is 5.96. The molecule has 0 atom stereocenters. The van der Waals surface area contributed by atoms with Crippen LogP contribution in [-0.4, -0.2) is 7.11 Å². The van der Waals surface area contributed by atoms with Gasteiger partial charge in [0, 0.05) is 11.6 Å². The van der Waals surface area contributed by atoms with Crippen LogP contribution in [0, 0.1) is 20.8 Å². The lowest BCUT2D eigenvalue weighted by atomic mass is 9.91. The van der Waals surface area contributed by atoms with E-state index in [-0.39, 0.29) is 5.63 Å². The highest BCUT2D eigenvalue weighted by atomic mass is 16.5. The van der Waals surface area contributed by atoms with E-state index >= 15 is 0 Å². The molecule has 3 nitrogen and oxygen atoms in total. The predicted molar refractivity (Wildman–Crippen MR) is 96.6 cm³/mol. The van der Waals surface area contributed by atoms with Gasteiger partial charge in [-0.25, -0.2) is 4.79 Å². The van der Waals surface area contributed by atoms with Crippen molar-refractivity contribution in [2.45, 2.75) is 20.8 Å². The molecule has 1 aromatic heterocycles. The first-order chi connectivity index (χ1) is 11.5. The maximum atomic E-state index is 12.2. The summed E-state index contributed by atoms with van der Waals surface area (Å²) in [5, 5.41) is 0. The van der Waals surface area contributed by atoms with Crippen LogP contribution in [-0.2, 0) is 0 Å². The van der Waals surface area contributed by atoms with Gasteiger partial charge in [0.1, 0.15) is 11.5 Å². The second-order valence-electron chi connectivity index (χ2n) is 5.96. The molecule has 0 amide bonds. The molecule has 0 aliphatic carbocycles. The molecule has 0 saturated carbocycles. The van der Waals surface area contributed by atoms with Gasteiger partial charge in [0.2, 0.25) is 0 Å². The predicted octanol–water partition coefficient (Wildman–Crippen LogP) is 4.91. The second kappa shape index (κ2) is 6.36. The lowest BCUT2D eigenvalue weighted by Gasteiger charge is -2.15. The van der Waals surface area contributed by atoms with Gasteiger partial charge < -0.3 is 9.15 Å². The van der Waals surface area contributed by atoms with Gasteiger partial charge in [-0.3, -0.25) is 0 Å². The van der Waals surface area contributed by atoms with Crippen molar-refractivity contribution >= 4 is 0 Å². The summed E-state index contributed by atoms with van der Waals surface area (Å²) in [6.07, 6.45) is 0. The third kappa shape index (κ3) is 2.85. The highest BCUT2D eigenvalue weighted by Gasteiger charge is 2.16. The SMILES string of the molecule is COc1cc(-c2cc(C)cc(C)c2-c2ccccc2)oc(=O)c1C. The Balaban J connectivity index is 2.33. The van der Waals surface area contributed by atoms with E-state index in [1.54, 1.807) is 20.1 Å². The van der Waals surface area contributed by atoms with Crippen molar-refractivity contribution in [2.24, 2.45) is 0 Å². The Morgan fingerprint density at radius 3 is 2.33 bits per heavy atom. The number of hydrogen-bond acceptors (Lipinski definition) is 3. The summed E-state index contributed by atoms with van der Waals surface area (Å²) in [5.74, 6) is 1.06. The van der Waals surface area contributed by atoms with E-state index in [4.69, 9.17) is 9.15 Å². The summed E-state index contributed by atoms with van der Waals surface area (Å²) in [4.78, 5) is 12.2. The molecule has 122 valence electrons. The molecule has 0 saturated heterocycles. The highest BCUT2D eigenvalue weighted by Crippen LogP contribution is 2.36. The maximum absolute atomic E-state index is 12.2. The molecule has 3 aromatic rings. The van der Waals surface area contributed by atoms with Crippen LogP contribution in [0.2, 0.25) is 0 Å². The molecular formula is C21H20O3. The molecule has 0 unspecified atom stereocenters. The fraction of sp³-hybridized carbons (Fsp3) is 0.190. The molecule has 0 aliphatic heterocycles. The number of hydrogen-bond donors (Lipinski definition) is 0. The Kier molecular flexibility index (Phi) is 4.26. The zero-order valence-corrected chi connectivity index (χ0v) is 14.3. The number of aryl methyl sites for hydroxylation is 2. The van der Waals surface area contributed by atoms with Gasteiger partial charge in [-0.15, -0.1) is 0 Å². The van der Waals surface area contributed by atoms with Gasteiger partial charge in [0.05, 0.1) is 12.7 Å². The Hall–Kier alpha value is -2.81. The fourth-order valence-corrected chi connectivity index (χ4v) is 3.03. The first kappa shape index (κ1) is 16.1. The monoisotopic (exact) mass is 320 g/mol. The van der Waals surface area contributed by atoms with Crippen molar-refractivity contribution in [1.29, 1.82) is 0 Å². The van der Waals surface area contributed by atoms with Crippen LogP contribution < -0.4 is 10.4 Å². The number of ether oxygens (including phenoxy) is 1. The number of benzene rings is 2. The van der Waals surface area contributed by atoms with Crippen LogP contribution in [0.1, 0.15) is 16.7 Å². The van der Waals surface area contributed by atoms with E-state index in [1.807, 2.05) is 31.2 Å². The van der Waals surface area contributed by atoms with E-state index in [0.717, 1.165) is 27.8 Å². The molecule has 0 N–H and O–H groups in total. The molecule has 0 aliphatic rings. The normalized spacial score (nSPS) is 10.7. The van der Waals surface area contributed by atoms with Crippen LogP contribution in [0.3, 0.4) is 0 Å². The van der Waals surface area contributed by atoms with Gasteiger partial charge in [-0.1, -0.05) is 42.0 Å². The molecule has 2 aromatic carbocycles. The van der Waals surface area contributed by atoms with Crippen LogP contribution in [0.5, 0.6) is 5.75 Å². The Labute approximate surface area is 141 Å². The Morgan fingerprint density at radius 2 is 1.67 bits per heavy atom. The standard InChI is InChI=1S/C21H20O3/c1-13-10-14(2)20(16-8-6-5-7-9-16)17(11-13)19-12-18(23-4)15(3)21(22)24-19/h5-12H,1-4H3. The molecule has 3 rings (SSSR count). The summed E-state index contributed by atoms with van der Waals surface area (Å²) in [6, 6.07) is 16.1. The average Bonchev–Trinajstić information content (AvgIpc) is 2.57. The van der Waals surface area contributed by atoms with Gasteiger partial charge in [-0.05, 0) is 43.5 Å². The van der Waals surface area contributed by atoms with Crippen molar-refractivity contribution < 1.29 is 9.15 Å². The van der Waals surface area contributed by atoms with E-state index in [9.17, 15) is 4.79 Å². The fourth-order valence-electron chi connectivity index (χ4n) is 3.03. The number of rotatable bonds is 3. The first-order valence-electron chi connectivity index (χ1n) is 7.87. The Bertz CT molecular complexity index is 937. The van der Waals surface area contributed by atoms with Crippen LogP contribution in [0.25, 0.3) is 22.5 Å². The molecule has 0 fully saturated rings. The van der Waals surface area contributed by atoms with Gasteiger partial charge >= 0.3 is 5.63 Å². The topological polar surface area (TPSA) is 39.4 Å². The van der Waals surface area contributed by atoms with E-state index in [2.05, 4.69) is 25.1 Å². The molecular weight excluding hydrogens is 300 g/mol. The van der Waals surface area contributed by atoms with Gasteiger partial charge in [0.25, 0.3) is 0 Å². The van der Waals surface area contributed by atoms with Crippen LogP contribution >= 0.6 is 0 Å². The summed E-state index contributed by atoms with van der Waals surface area (Å²) < 4.78 is 10.9. The third-order valence-electron chi connectivity index (χ3n) is 4.17. The van der Waals surface area contributed by atoms with Crippen LogP contribution in [0.15, 0.2) is 57.7 Å². The van der Waals surface area contributed by atoms with Crippen molar-refractivity contribution in [1.82, 2.24) is 0 Å². The zero-order valence-electron chi connectivity index (χ0n) is 14.3. The minimum Gasteiger partial charge on any atom is -0.496 e. The van der Waals surface area contributed by atoms with Crippen molar-refractivity contribution in [3.05, 3.63) is 75.6 Å². The molecule has 0 spiro atoms. The largest absolute Gasteiger partial charge is 0.496 e. The summed E-state index contributed by atoms with van der Waals surface area (Å²) in [7, 11) is 1.56. The molecule has 0 bridgehead atoms. The minimum atomic E-state index is -0.373. The lowest BCUT2D eigenvalue weighted by Crippen LogP contribution is -2.06. The zero-order chi connectivity index (χ0) is 17.3. The molecule has 0 radical (unpaired) electrons. The van der Waals surface area contributed by atoms with Gasteiger partial charge in [-0.2, -0.15) is 0 Å². The van der Waals surface area contributed by atoms with Gasteiger partial charge in [0.15, 0.2) is 0 Å². The quantitative estimate of drug-likeness (QED) is 0.688. The van der Waals surface area contributed by atoms with E-state index in [0.29, 0.717) is 17.1 Å². The maximum Gasteiger partial charge on any atom is 0.342 e. The minimum absolute atomic E-state index is 0.373. The highest BCUT2D eigenvalue weighted by molar-refractivity contribution is 5.84. The average molecular weight is 320 g/mol. The molecule has 1 heterocycles. The van der Waals surface area contributed by atoms with Crippen molar-refractivity contribution in [3.8, 4) is 28.2 Å². The first-order valence-corrected chi connectivity index (χ1v) is 7.87. The lowest BCUT2D eigenvalue weighted by molar-refractivity contribution is 0.399. The summed E-state index contributed by atoms with van der Waals surface area (Å²) in [5.41, 5.74) is 5.41. The smallest absolute Gasteiger partial charge is 0.342 e. The number of methoxy groups -OCH3 is 1. The Morgan fingerprint density at radius 1 is 0.958 bits per heavy atom. The molecule has 3 heteroatoms. The summed E-state index contributed by atoms with van der Waals surface area (Å²) >= 11 is 0. The van der Waals surface area contributed by atoms with Crippen molar-refractivity contribution in [2.75, 3.05) is 7.11 Å².